The van der Waals surface area contributed by atoms with E-state index in [1.807, 2.05) is 19.1 Å². The van der Waals surface area contributed by atoms with Crippen LogP contribution in [0.2, 0.25) is 0 Å². The number of benzene rings is 1. The third-order valence-corrected chi connectivity index (χ3v) is 5.64. The number of anilines is 1. The Balaban J connectivity index is 1.81. The number of amides is 1. The van der Waals surface area contributed by atoms with Gasteiger partial charge < -0.3 is 5.32 Å². The van der Waals surface area contributed by atoms with Crippen LogP contribution in [-0.2, 0) is 12.8 Å². The van der Waals surface area contributed by atoms with Gasteiger partial charge in [-0.3, -0.25) is 4.79 Å². The Hall–Kier alpha value is -1.61. The lowest BCUT2D eigenvalue weighted by Crippen LogP contribution is -2.11. The Morgan fingerprint density at radius 2 is 2.14 bits per heavy atom. The van der Waals surface area contributed by atoms with Crippen LogP contribution < -0.4 is 5.32 Å². The fraction of sp³-hybridized carbons (Fsp3) is 0.389. The van der Waals surface area contributed by atoms with Crippen LogP contribution >= 0.6 is 11.3 Å². The third kappa shape index (κ3) is 2.88. The molecule has 110 valence electrons. The minimum absolute atomic E-state index is 0.0238. The maximum absolute atomic E-state index is 12.5. The molecule has 0 radical (unpaired) electrons. The van der Waals surface area contributed by atoms with Gasteiger partial charge in [0.2, 0.25) is 0 Å². The Morgan fingerprint density at radius 3 is 2.95 bits per heavy atom. The number of rotatable bonds is 2. The first-order valence-corrected chi connectivity index (χ1v) is 8.35. The Labute approximate surface area is 130 Å². The molecule has 3 rings (SSSR count). The van der Waals surface area contributed by atoms with Crippen LogP contribution in [0.4, 0.5) is 5.69 Å². The van der Waals surface area contributed by atoms with Gasteiger partial charge in [0, 0.05) is 10.6 Å². The summed E-state index contributed by atoms with van der Waals surface area (Å²) in [6.45, 7) is 6.40. The van der Waals surface area contributed by atoms with E-state index in [0.717, 1.165) is 34.9 Å². The lowest BCUT2D eigenvalue weighted by Gasteiger charge is -2.16. The minimum Gasteiger partial charge on any atom is -0.321 e. The maximum Gasteiger partial charge on any atom is 0.265 e. The summed E-state index contributed by atoms with van der Waals surface area (Å²) in [5, 5.41) is 3.06. The number of carbonyl (C=O) groups excluding carboxylic acids is 1. The smallest absolute Gasteiger partial charge is 0.265 e. The Kier molecular flexibility index (Phi) is 3.85. The highest BCUT2D eigenvalue weighted by Gasteiger charge is 2.20. The first-order valence-electron chi connectivity index (χ1n) is 7.53. The second-order valence-electron chi connectivity index (χ2n) is 6.11. The van der Waals surface area contributed by atoms with Crippen LogP contribution in [0.3, 0.4) is 0 Å². The standard InChI is InChI=1S/C18H21NOS/c1-11-7-8-16-14(9-11)10-17(21-16)18(20)19-15-6-4-5-12(2)13(15)3/h4-6,10-11H,7-9H2,1-3H3,(H,19,20)/t11-/m1/s1. The molecule has 0 spiro atoms. The molecule has 0 fully saturated rings. The van der Waals surface area contributed by atoms with Crippen molar-refractivity contribution >= 4 is 22.9 Å². The van der Waals surface area contributed by atoms with Crippen molar-refractivity contribution in [3.63, 3.8) is 0 Å². The number of aryl methyl sites for hydroxylation is 2. The van der Waals surface area contributed by atoms with Crippen LogP contribution in [0, 0.1) is 19.8 Å². The number of thiophene rings is 1. The third-order valence-electron chi connectivity index (χ3n) is 4.41. The topological polar surface area (TPSA) is 29.1 Å². The highest BCUT2D eigenvalue weighted by Crippen LogP contribution is 2.32. The van der Waals surface area contributed by atoms with Gasteiger partial charge in [-0.15, -0.1) is 11.3 Å². The van der Waals surface area contributed by atoms with Gasteiger partial charge in [-0.1, -0.05) is 19.1 Å². The predicted molar refractivity (Wildman–Crippen MR) is 89.4 cm³/mol. The number of carbonyl (C=O) groups is 1. The molecular weight excluding hydrogens is 278 g/mol. The molecule has 0 saturated carbocycles. The monoisotopic (exact) mass is 299 g/mol. The normalized spacial score (nSPS) is 17.4. The van der Waals surface area contributed by atoms with E-state index in [4.69, 9.17) is 0 Å². The number of fused-ring (bicyclic) bond motifs is 1. The second-order valence-corrected chi connectivity index (χ2v) is 7.25. The molecule has 3 heteroatoms. The van der Waals surface area contributed by atoms with Gasteiger partial charge in [0.1, 0.15) is 0 Å². The number of hydrogen-bond acceptors (Lipinski definition) is 2. The SMILES string of the molecule is Cc1cccc(NC(=O)c2cc3c(s2)CC[C@@H](C)C3)c1C. The Bertz CT molecular complexity index is 687. The zero-order chi connectivity index (χ0) is 15.0. The molecule has 0 bridgehead atoms. The lowest BCUT2D eigenvalue weighted by molar-refractivity contribution is 0.103. The summed E-state index contributed by atoms with van der Waals surface area (Å²) in [5.41, 5.74) is 4.64. The largest absolute Gasteiger partial charge is 0.321 e. The predicted octanol–water partition coefficient (Wildman–Crippen LogP) is 4.74. The average Bonchev–Trinajstić information content (AvgIpc) is 2.87. The summed E-state index contributed by atoms with van der Waals surface area (Å²) < 4.78 is 0. The van der Waals surface area contributed by atoms with E-state index in [9.17, 15) is 4.79 Å². The van der Waals surface area contributed by atoms with Crippen molar-refractivity contribution in [1.29, 1.82) is 0 Å². The van der Waals surface area contributed by atoms with Gasteiger partial charge in [0.25, 0.3) is 5.91 Å². The lowest BCUT2D eigenvalue weighted by atomic mass is 9.90. The van der Waals surface area contributed by atoms with Crippen molar-refractivity contribution in [3.05, 3.63) is 50.7 Å². The van der Waals surface area contributed by atoms with Crippen molar-refractivity contribution in [3.8, 4) is 0 Å². The zero-order valence-electron chi connectivity index (χ0n) is 12.8. The van der Waals surface area contributed by atoms with E-state index in [1.165, 1.54) is 22.4 Å². The summed E-state index contributed by atoms with van der Waals surface area (Å²) in [6.07, 6.45) is 3.48. The molecule has 1 aromatic heterocycles. The van der Waals surface area contributed by atoms with Crippen LogP contribution in [-0.4, -0.2) is 5.91 Å². The molecule has 1 heterocycles. The van der Waals surface area contributed by atoms with Gasteiger partial charge in [-0.2, -0.15) is 0 Å². The summed E-state index contributed by atoms with van der Waals surface area (Å²) >= 11 is 1.66. The van der Waals surface area contributed by atoms with Crippen molar-refractivity contribution in [2.24, 2.45) is 5.92 Å². The molecule has 0 saturated heterocycles. The zero-order valence-corrected chi connectivity index (χ0v) is 13.6. The fourth-order valence-electron chi connectivity index (χ4n) is 2.89. The quantitative estimate of drug-likeness (QED) is 0.852. The maximum atomic E-state index is 12.5. The summed E-state index contributed by atoms with van der Waals surface area (Å²) in [4.78, 5) is 14.7. The van der Waals surface area contributed by atoms with Crippen LogP contribution in [0.15, 0.2) is 24.3 Å². The number of nitrogens with one attached hydrogen (secondary N) is 1. The molecule has 21 heavy (non-hydrogen) atoms. The van der Waals surface area contributed by atoms with Gasteiger partial charge >= 0.3 is 0 Å². The van der Waals surface area contributed by atoms with Gasteiger partial charge in [-0.25, -0.2) is 0 Å². The van der Waals surface area contributed by atoms with Gasteiger partial charge in [0.05, 0.1) is 4.88 Å². The highest BCUT2D eigenvalue weighted by molar-refractivity contribution is 7.14. The average molecular weight is 299 g/mol. The molecule has 0 aliphatic heterocycles. The van der Waals surface area contributed by atoms with E-state index < -0.39 is 0 Å². The molecule has 1 atom stereocenters. The Morgan fingerprint density at radius 1 is 1.33 bits per heavy atom. The van der Waals surface area contributed by atoms with Crippen LogP contribution in [0.5, 0.6) is 0 Å². The van der Waals surface area contributed by atoms with Crippen molar-refractivity contribution in [2.75, 3.05) is 5.32 Å². The van der Waals surface area contributed by atoms with E-state index in [1.54, 1.807) is 11.3 Å². The first-order chi connectivity index (χ1) is 10.0. The second kappa shape index (κ2) is 5.64. The molecular formula is C18H21NOS. The molecule has 1 aliphatic rings. The van der Waals surface area contributed by atoms with Crippen molar-refractivity contribution in [1.82, 2.24) is 0 Å². The molecule has 0 unspecified atom stereocenters. The summed E-state index contributed by atoms with van der Waals surface area (Å²) in [5.74, 6) is 0.762. The molecule has 1 amide bonds. The van der Waals surface area contributed by atoms with Crippen LogP contribution in [0.1, 0.15) is 44.6 Å². The van der Waals surface area contributed by atoms with Crippen LogP contribution in [0.25, 0.3) is 0 Å². The van der Waals surface area contributed by atoms with E-state index in [2.05, 4.69) is 31.3 Å². The first kappa shape index (κ1) is 14.3. The molecule has 1 N–H and O–H groups in total. The van der Waals surface area contributed by atoms with Crippen molar-refractivity contribution < 1.29 is 4.79 Å². The molecule has 1 aliphatic carbocycles. The fourth-order valence-corrected chi connectivity index (χ4v) is 3.99. The molecule has 2 nitrogen and oxygen atoms in total. The summed E-state index contributed by atoms with van der Waals surface area (Å²) in [7, 11) is 0. The minimum atomic E-state index is 0.0238. The van der Waals surface area contributed by atoms with Gasteiger partial charge in [-0.05, 0) is 67.9 Å². The van der Waals surface area contributed by atoms with E-state index in [-0.39, 0.29) is 5.91 Å². The molecule has 2 aromatic rings. The van der Waals surface area contributed by atoms with E-state index in [0.29, 0.717) is 0 Å². The number of hydrogen-bond donors (Lipinski definition) is 1. The highest BCUT2D eigenvalue weighted by atomic mass is 32.1. The van der Waals surface area contributed by atoms with Gasteiger partial charge in [0.15, 0.2) is 0 Å². The molecule has 1 aromatic carbocycles. The van der Waals surface area contributed by atoms with E-state index >= 15 is 0 Å². The summed E-state index contributed by atoms with van der Waals surface area (Å²) in [6, 6.07) is 8.11. The van der Waals surface area contributed by atoms with Crippen molar-refractivity contribution in [2.45, 2.75) is 40.0 Å².